The molecule has 0 nitrogen and oxygen atoms in total. The molecule has 1 aliphatic rings. The maximum atomic E-state index is 2.39. The first-order valence-electron chi connectivity index (χ1n) is 5.78. The molecule has 0 bridgehead atoms. The Morgan fingerprint density at radius 2 is 1.93 bits per heavy atom. The molecule has 0 saturated carbocycles. The third kappa shape index (κ3) is 1.58. The molecule has 76 valence electrons. The van der Waals surface area contributed by atoms with Crippen LogP contribution in [0.15, 0.2) is 24.3 Å². The number of rotatable bonds is 1. The molecule has 0 fully saturated rings. The topological polar surface area (TPSA) is 0 Å². The minimum atomic E-state index is 0.750. The summed E-state index contributed by atoms with van der Waals surface area (Å²) >= 11 is 0. The summed E-state index contributed by atoms with van der Waals surface area (Å²) in [6.45, 7) is 7.10. The smallest absolute Gasteiger partial charge is 0.0157 e. The summed E-state index contributed by atoms with van der Waals surface area (Å²) in [6, 6.07) is 8.95. The lowest BCUT2D eigenvalue weighted by Crippen LogP contribution is -2.22. The summed E-state index contributed by atoms with van der Waals surface area (Å²) in [4.78, 5) is 0. The molecule has 0 N–H and O–H groups in total. The summed E-state index contributed by atoms with van der Waals surface area (Å²) in [5.41, 5.74) is 3.18. The summed E-state index contributed by atoms with van der Waals surface area (Å²) < 4.78 is 0. The SMILES string of the molecule is CC(C)[C@H]1CCc2ccccc2[C@@H]1C. The molecular formula is C14H20. The van der Waals surface area contributed by atoms with Gasteiger partial charge in [0.1, 0.15) is 0 Å². The summed E-state index contributed by atoms with van der Waals surface area (Å²) in [7, 11) is 0. The monoisotopic (exact) mass is 188 g/mol. The Labute approximate surface area is 87.3 Å². The highest BCUT2D eigenvalue weighted by Crippen LogP contribution is 2.39. The zero-order valence-corrected chi connectivity index (χ0v) is 9.46. The van der Waals surface area contributed by atoms with E-state index in [-0.39, 0.29) is 0 Å². The average Bonchev–Trinajstić information content (AvgIpc) is 2.18. The standard InChI is InChI=1S/C14H20/c1-10(2)13-9-8-12-6-4-5-7-14(12)11(13)3/h4-7,10-11,13H,8-9H2,1-3H3/t11-,13-/m1/s1. The molecule has 0 heterocycles. The maximum absolute atomic E-state index is 2.39. The van der Waals surface area contributed by atoms with Crippen LogP contribution in [0.4, 0.5) is 0 Å². The second kappa shape index (κ2) is 3.76. The molecule has 1 aliphatic carbocycles. The van der Waals surface area contributed by atoms with E-state index in [0.717, 1.165) is 17.8 Å². The molecule has 0 radical (unpaired) electrons. The van der Waals surface area contributed by atoms with Crippen molar-refractivity contribution in [2.24, 2.45) is 11.8 Å². The van der Waals surface area contributed by atoms with Gasteiger partial charge in [-0.05, 0) is 41.7 Å². The van der Waals surface area contributed by atoms with Gasteiger partial charge in [0.2, 0.25) is 0 Å². The molecule has 0 spiro atoms. The molecule has 0 unspecified atom stereocenters. The quantitative estimate of drug-likeness (QED) is 0.624. The van der Waals surface area contributed by atoms with Gasteiger partial charge in [-0.1, -0.05) is 45.0 Å². The van der Waals surface area contributed by atoms with Crippen molar-refractivity contribution in [1.82, 2.24) is 0 Å². The fourth-order valence-electron chi connectivity index (χ4n) is 2.92. The number of aryl methyl sites for hydroxylation is 1. The molecule has 1 aromatic rings. The predicted molar refractivity (Wildman–Crippen MR) is 61.5 cm³/mol. The molecule has 14 heavy (non-hydrogen) atoms. The van der Waals surface area contributed by atoms with E-state index in [1.165, 1.54) is 12.8 Å². The fraction of sp³-hybridized carbons (Fsp3) is 0.571. The Balaban J connectivity index is 2.31. The van der Waals surface area contributed by atoms with Gasteiger partial charge in [0.25, 0.3) is 0 Å². The number of benzene rings is 1. The first-order chi connectivity index (χ1) is 6.70. The van der Waals surface area contributed by atoms with Crippen molar-refractivity contribution in [3.05, 3.63) is 35.4 Å². The first kappa shape index (κ1) is 9.76. The van der Waals surface area contributed by atoms with Crippen molar-refractivity contribution in [2.45, 2.75) is 39.5 Å². The molecule has 2 atom stereocenters. The predicted octanol–water partition coefficient (Wildman–Crippen LogP) is 4.01. The van der Waals surface area contributed by atoms with E-state index in [9.17, 15) is 0 Å². The van der Waals surface area contributed by atoms with E-state index in [4.69, 9.17) is 0 Å². The van der Waals surface area contributed by atoms with Gasteiger partial charge in [0, 0.05) is 0 Å². The summed E-state index contributed by atoms with van der Waals surface area (Å²) in [5.74, 6) is 2.45. The van der Waals surface area contributed by atoms with Crippen molar-refractivity contribution in [3.8, 4) is 0 Å². The minimum Gasteiger partial charge on any atom is -0.0625 e. The third-order valence-electron chi connectivity index (χ3n) is 3.79. The summed E-state index contributed by atoms with van der Waals surface area (Å²) in [6.07, 6.45) is 2.65. The van der Waals surface area contributed by atoms with Crippen LogP contribution in [0.25, 0.3) is 0 Å². The van der Waals surface area contributed by atoms with Crippen LogP contribution in [0.1, 0.15) is 44.2 Å². The highest BCUT2D eigenvalue weighted by Gasteiger charge is 2.27. The molecule has 0 saturated heterocycles. The normalized spacial score (nSPS) is 26.3. The van der Waals surface area contributed by atoms with E-state index >= 15 is 0 Å². The van der Waals surface area contributed by atoms with Crippen LogP contribution in [0.5, 0.6) is 0 Å². The molecule has 0 heteroatoms. The first-order valence-corrected chi connectivity index (χ1v) is 5.78. The maximum Gasteiger partial charge on any atom is -0.0157 e. The zero-order valence-electron chi connectivity index (χ0n) is 9.46. The highest BCUT2D eigenvalue weighted by molar-refractivity contribution is 5.32. The number of hydrogen-bond acceptors (Lipinski definition) is 0. The van der Waals surface area contributed by atoms with Crippen LogP contribution in [-0.2, 0) is 6.42 Å². The van der Waals surface area contributed by atoms with E-state index in [1.54, 1.807) is 11.1 Å². The number of fused-ring (bicyclic) bond motifs is 1. The Bertz CT molecular complexity index is 312. The van der Waals surface area contributed by atoms with Gasteiger partial charge in [-0.3, -0.25) is 0 Å². The van der Waals surface area contributed by atoms with Gasteiger partial charge in [-0.2, -0.15) is 0 Å². The average molecular weight is 188 g/mol. The molecule has 0 amide bonds. The third-order valence-corrected chi connectivity index (χ3v) is 3.79. The van der Waals surface area contributed by atoms with Crippen LogP contribution in [0, 0.1) is 11.8 Å². The molecule has 1 aromatic carbocycles. The minimum absolute atomic E-state index is 0.750. The van der Waals surface area contributed by atoms with Crippen LogP contribution in [0.3, 0.4) is 0 Å². The van der Waals surface area contributed by atoms with Gasteiger partial charge < -0.3 is 0 Å². The van der Waals surface area contributed by atoms with Crippen LogP contribution >= 0.6 is 0 Å². The van der Waals surface area contributed by atoms with Crippen molar-refractivity contribution in [2.75, 3.05) is 0 Å². The van der Waals surface area contributed by atoms with Crippen molar-refractivity contribution in [1.29, 1.82) is 0 Å². The van der Waals surface area contributed by atoms with E-state index in [2.05, 4.69) is 45.0 Å². The Morgan fingerprint density at radius 1 is 1.21 bits per heavy atom. The zero-order chi connectivity index (χ0) is 10.1. The van der Waals surface area contributed by atoms with Gasteiger partial charge in [0.15, 0.2) is 0 Å². The van der Waals surface area contributed by atoms with Crippen LogP contribution in [0.2, 0.25) is 0 Å². The Hall–Kier alpha value is -0.780. The molecular weight excluding hydrogens is 168 g/mol. The lowest BCUT2D eigenvalue weighted by atomic mass is 9.71. The fourth-order valence-corrected chi connectivity index (χ4v) is 2.92. The highest BCUT2D eigenvalue weighted by atomic mass is 14.3. The van der Waals surface area contributed by atoms with E-state index in [0.29, 0.717) is 0 Å². The second-order valence-electron chi connectivity index (χ2n) is 4.93. The van der Waals surface area contributed by atoms with E-state index < -0.39 is 0 Å². The molecule has 0 aromatic heterocycles. The van der Waals surface area contributed by atoms with Crippen molar-refractivity contribution < 1.29 is 0 Å². The lowest BCUT2D eigenvalue weighted by Gasteiger charge is -2.33. The van der Waals surface area contributed by atoms with Gasteiger partial charge >= 0.3 is 0 Å². The van der Waals surface area contributed by atoms with Crippen molar-refractivity contribution >= 4 is 0 Å². The van der Waals surface area contributed by atoms with Gasteiger partial charge in [-0.15, -0.1) is 0 Å². The van der Waals surface area contributed by atoms with Gasteiger partial charge in [-0.25, -0.2) is 0 Å². The van der Waals surface area contributed by atoms with E-state index in [1.807, 2.05) is 0 Å². The van der Waals surface area contributed by atoms with Gasteiger partial charge in [0.05, 0.1) is 0 Å². The van der Waals surface area contributed by atoms with Crippen molar-refractivity contribution in [3.63, 3.8) is 0 Å². The lowest BCUT2D eigenvalue weighted by molar-refractivity contribution is 0.295. The number of hydrogen-bond donors (Lipinski definition) is 0. The Kier molecular flexibility index (Phi) is 2.62. The van der Waals surface area contributed by atoms with Crippen LogP contribution in [-0.4, -0.2) is 0 Å². The summed E-state index contributed by atoms with van der Waals surface area (Å²) in [5, 5.41) is 0. The molecule has 2 rings (SSSR count). The van der Waals surface area contributed by atoms with Crippen LogP contribution < -0.4 is 0 Å². The molecule has 0 aliphatic heterocycles. The second-order valence-corrected chi connectivity index (χ2v) is 4.93. The largest absolute Gasteiger partial charge is 0.0625 e. The Morgan fingerprint density at radius 3 is 2.64 bits per heavy atom.